The van der Waals surface area contributed by atoms with Crippen molar-refractivity contribution < 1.29 is 9.50 Å². The lowest BCUT2D eigenvalue weighted by atomic mass is 10.0. The zero-order chi connectivity index (χ0) is 13.0. The number of aliphatic hydroxyl groups excluding tert-OH is 1. The van der Waals surface area contributed by atoms with Crippen LogP contribution in [0.3, 0.4) is 0 Å². The number of aliphatic hydroxyl groups is 1. The average Bonchev–Trinajstić information content (AvgIpc) is 2.38. The maximum absolute atomic E-state index is 13.4. The molecule has 1 aromatic rings. The molecule has 0 bridgehead atoms. The Morgan fingerprint density at radius 1 is 1.56 bits per heavy atom. The van der Waals surface area contributed by atoms with Crippen molar-refractivity contribution in [2.75, 3.05) is 12.4 Å². The highest BCUT2D eigenvalue weighted by molar-refractivity contribution is 7.99. The molecule has 100 valence electrons. The van der Waals surface area contributed by atoms with Gasteiger partial charge in [-0.25, -0.2) is 4.39 Å². The maximum Gasteiger partial charge on any atom is 0.123 e. The van der Waals surface area contributed by atoms with Gasteiger partial charge >= 0.3 is 0 Å². The molecular formula is C14H20FNOS. The first-order valence-electron chi connectivity index (χ1n) is 6.53. The third kappa shape index (κ3) is 3.25. The lowest BCUT2D eigenvalue weighted by molar-refractivity contribution is 0.254. The molecule has 2 rings (SSSR count). The van der Waals surface area contributed by atoms with Gasteiger partial charge in [-0.2, -0.15) is 0 Å². The molecule has 0 saturated carbocycles. The lowest BCUT2D eigenvalue weighted by Gasteiger charge is -2.29. The fourth-order valence-electron chi connectivity index (χ4n) is 2.38. The Hall–Kier alpha value is -0.580. The SMILES string of the molecule is CCC(CCO)NC1CCSc2ccc(F)cc21. The summed E-state index contributed by atoms with van der Waals surface area (Å²) >= 11 is 1.79. The van der Waals surface area contributed by atoms with Gasteiger partial charge in [-0.1, -0.05) is 6.92 Å². The highest BCUT2D eigenvalue weighted by Crippen LogP contribution is 2.36. The van der Waals surface area contributed by atoms with Crippen LogP contribution in [0, 0.1) is 5.82 Å². The van der Waals surface area contributed by atoms with Crippen molar-refractivity contribution in [3.05, 3.63) is 29.6 Å². The van der Waals surface area contributed by atoms with Gasteiger partial charge in [0.25, 0.3) is 0 Å². The predicted molar refractivity (Wildman–Crippen MR) is 73.4 cm³/mol. The number of thioether (sulfide) groups is 1. The summed E-state index contributed by atoms with van der Waals surface area (Å²) in [6.07, 6.45) is 2.75. The van der Waals surface area contributed by atoms with Gasteiger partial charge in [0.1, 0.15) is 5.82 Å². The molecule has 0 radical (unpaired) electrons. The predicted octanol–water partition coefficient (Wildman–Crippen LogP) is 3.11. The summed E-state index contributed by atoms with van der Waals surface area (Å²) in [6.45, 7) is 2.31. The normalized spacial score (nSPS) is 20.5. The van der Waals surface area contributed by atoms with E-state index in [4.69, 9.17) is 5.11 Å². The van der Waals surface area contributed by atoms with Crippen molar-refractivity contribution in [3.8, 4) is 0 Å². The van der Waals surface area contributed by atoms with E-state index in [0.29, 0.717) is 6.04 Å². The molecule has 1 heterocycles. The third-order valence-corrected chi connectivity index (χ3v) is 4.54. The van der Waals surface area contributed by atoms with E-state index < -0.39 is 0 Å². The number of halogens is 1. The monoisotopic (exact) mass is 269 g/mol. The highest BCUT2D eigenvalue weighted by atomic mass is 32.2. The first kappa shape index (κ1) is 13.8. The van der Waals surface area contributed by atoms with E-state index in [-0.39, 0.29) is 18.5 Å². The molecule has 1 aliphatic heterocycles. The van der Waals surface area contributed by atoms with Gasteiger partial charge in [0.05, 0.1) is 0 Å². The maximum atomic E-state index is 13.4. The van der Waals surface area contributed by atoms with Gasteiger partial charge < -0.3 is 10.4 Å². The van der Waals surface area contributed by atoms with Gasteiger partial charge in [-0.3, -0.25) is 0 Å². The first-order chi connectivity index (χ1) is 8.74. The number of fused-ring (bicyclic) bond motifs is 1. The smallest absolute Gasteiger partial charge is 0.123 e. The molecule has 0 amide bonds. The van der Waals surface area contributed by atoms with Crippen molar-refractivity contribution in [2.45, 2.75) is 43.2 Å². The Morgan fingerprint density at radius 2 is 2.39 bits per heavy atom. The molecule has 0 aromatic heterocycles. The van der Waals surface area contributed by atoms with E-state index in [0.717, 1.165) is 30.6 Å². The van der Waals surface area contributed by atoms with Crippen LogP contribution in [0.25, 0.3) is 0 Å². The summed E-state index contributed by atoms with van der Waals surface area (Å²) in [6, 6.07) is 5.56. The molecule has 0 fully saturated rings. The van der Waals surface area contributed by atoms with Gasteiger partial charge in [-0.15, -0.1) is 11.8 Å². The van der Waals surface area contributed by atoms with Crippen LogP contribution in [0.5, 0.6) is 0 Å². The molecule has 0 aliphatic carbocycles. The Morgan fingerprint density at radius 3 is 3.11 bits per heavy atom. The van der Waals surface area contributed by atoms with Crippen LogP contribution in [0.2, 0.25) is 0 Å². The third-order valence-electron chi connectivity index (χ3n) is 3.42. The number of hydrogen-bond donors (Lipinski definition) is 2. The summed E-state index contributed by atoms with van der Waals surface area (Å²) in [5.74, 6) is 0.893. The molecule has 18 heavy (non-hydrogen) atoms. The molecule has 0 spiro atoms. The molecule has 2 unspecified atom stereocenters. The summed E-state index contributed by atoms with van der Waals surface area (Å²) in [5, 5.41) is 12.6. The fraction of sp³-hybridized carbons (Fsp3) is 0.571. The fourth-order valence-corrected chi connectivity index (χ4v) is 3.49. The Kier molecular flexibility index (Phi) is 5.03. The van der Waals surface area contributed by atoms with E-state index in [2.05, 4.69) is 12.2 Å². The van der Waals surface area contributed by atoms with Crippen LogP contribution >= 0.6 is 11.8 Å². The van der Waals surface area contributed by atoms with Crippen LogP contribution in [-0.2, 0) is 0 Å². The minimum absolute atomic E-state index is 0.168. The molecular weight excluding hydrogens is 249 g/mol. The topological polar surface area (TPSA) is 32.3 Å². The second-order valence-corrected chi connectivity index (χ2v) is 5.79. The molecule has 4 heteroatoms. The Balaban J connectivity index is 2.13. The molecule has 2 nitrogen and oxygen atoms in total. The van der Waals surface area contributed by atoms with Gasteiger partial charge in [-0.05, 0) is 48.8 Å². The molecule has 2 atom stereocenters. The Labute approximate surface area is 112 Å². The molecule has 1 aromatic carbocycles. The van der Waals surface area contributed by atoms with Gasteiger partial charge in [0.2, 0.25) is 0 Å². The van der Waals surface area contributed by atoms with Crippen LogP contribution in [0.15, 0.2) is 23.1 Å². The standard InChI is InChI=1S/C14H20FNOS/c1-2-11(5-7-17)16-13-6-8-18-14-4-3-10(15)9-12(13)14/h3-4,9,11,13,16-17H,2,5-8H2,1H3. The van der Waals surface area contributed by atoms with Crippen molar-refractivity contribution in [2.24, 2.45) is 0 Å². The van der Waals surface area contributed by atoms with Crippen LogP contribution in [0.1, 0.15) is 37.8 Å². The molecule has 2 N–H and O–H groups in total. The summed E-state index contributed by atoms with van der Waals surface area (Å²) in [5.41, 5.74) is 1.07. The van der Waals surface area contributed by atoms with E-state index in [1.165, 1.54) is 11.0 Å². The number of nitrogens with one attached hydrogen (secondary N) is 1. The number of hydrogen-bond acceptors (Lipinski definition) is 3. The van der Waals surface area contributed by atoms with E-state index in [1.807, 2.05) is 6.07 Å². The minimum Gasteiger partial charge on any atom is -0.396 e. The molecule has 1 aliphatic rings. The largest absolute Gasteiger partial charge is 0.396 e. The zero-order valence-corrected chi connectivity index (χ0v) is 11.5. The number of benzene rings is 1. The number of rotatable bonds is 5. The quantitative estimate of drug-likeness (QED) is 0.861. The summed E-state index contributed by atoms with van der Waals surface area (Å²) in [4.78, 5) is 1.18. The average molecular weight is 269 g/mol. The van der Waals surface area contributed by atoms with Gasteiger partial charge in [0.15, 0.2) is 0 Å². The van der Waals surface area contributed by atoms with E-state index in [9.17, 15) is 4.39 Å². The van der Waals surface area contributed by atoms with Crippen molar-refractivity contribution >= 4 is 11.8 Å². The second-order valence-electron chi connectivity index (χ2n) is 4.66. The lowest BCUT2D eigenvalue weighted by Crippen LogP contribution is -2.34. The van der Waals surface area contributed by atoms with Crippen LogP contribution in [0.4, 0.5) is 4.39 Å². The second kappa shape index (κ2) is 6.55. The summed E-state index contributed by atoms with van der Waals surface area (Å²) < 4.78 is 13.4. The summed E-state index contributed by atoms with van der Waals surface area (Å²) in [7, 11) is 0. The van der Waals surface area contributed by atoms with Crippen molar-refractivity contribution in [1.29, 1.82) is 0 Å². The van der Waals surface area contributed by atoms with Gasteiger partial charge in [0, 0.05) is 23.6 Å². The van der Waals surface area contributed by atoms with Crippen LogP contribution < -0.4 is 5.32 Å². The minimum atomic E-state index is -0.168. The Bertz CT molecular complexity index is 399. The van der Waals surface area contributed by atoms with Crippen molar-refractivity contribution in [1.82, 2.24) is 5.32 Å². The highest BCUT2D eigenvalue weighted by Gasteiger charge is 2.23. The van der Waals surface area contributed by atoms with E-state index in [1.54, 1.807) is 17.8 Å². The first-order valence-corrected chi connectivity index (χ1v) is 7.52. The van der Waals surface area contributed by atoms with Crippen LogP contribution in [-0.4, -0.2) is 23.5 Å². The zero-order valence-electron chi connectivity index (χ0n) is 10.7. The van der Waals surface area contributed by atoms with Crippen molar-refractivity contribution in [3.63, 3.8) is 0 Å². The molecule has 0 saturated heterocycles. The van der Waals surface area contributed by atoms with E-state index >= 15 is 0 Å².